The number of ether oxygens (including phenoxy) is 1. The number of rotatable bonds is 4. The minimum atomic E-state index is -0.220. The molecule has 1 fully saturated rings. The van der Waals surface area contributed by atoms with Crippen molar-refractivity contribution < 1.29 is 9.53 Å². The van der Waals surface area contributed by atoms with E-state index >= 15 is 0 Å². The number of carbonyl (C=O) groups is 1. The second kappa shape index (κ2) is 7.04. The van der Waals surface area contributed by atoms with Gasteiger partial charge in [-0.25, -0.2) is 9.97 Å². The molecular formula is C16H18N4O3. The summed E-state index contributed by atoms with van der Waals surface area (Å²) >= 11 is 0. The number of nitrogens with one attached hydrogen (secondary N) is 2. The highest BCUT2D eigenvalue weighted by Crippen LogP contribution is 2.22. The first-order chi connectivity index (χ1) is 11.2. The predicted molar refractivity (Wildman–Crippen MR) is 83.2 cm³/mol. The van der Waals surface area contributed by atoms with Crippen molar-refractivity contribution in [2.45, 2.75) is 37.8 Å². The van der Waals surface area contributed by atoms with Crippen LogP contribution < -0.4 is 15.6 Å². The Morgan fingerprint density at radius 2 is 1.91 bits per heavy atom. The van der Waals surface area contributed by atoms with Gasteiger partial charge >= 0.3 is 6.01 Å². The lowest BCUT2D eigenvalue weighted by atomic mass is 9.93. The molecule has 1 aliphatic carbocycles. The van der Waals surface area contributed by atoms with E-state index in [1.165, 1.54) is 18.3 Å². The fourth-order valence-corrected chi connectivity index (χ4v) is 2.64. The molecule has 0 unspecified atom stereocenters. The van der Waals surface area contributed by atoms with Crippen molar-refractivity contribution in [3.05, 3.63) is 52.7 Å². The zero-order valence-electron chi connectivity index (χ0n) is 12.6. The molecule has 7 heteroatoms. The smallest absolute Gasteiger partial charge is 0.316 e. The van der Waals surface area contributed by atoms with Crippen LogP contribution in [0.2, 0.25) is 0 Å². The van der Waals surface area contributed by atoms with E-state index in [1.54, 1.807) is 18.5 Å². The highest BCUT2D eigenvalue weighted by Gasteiger charge is 2.24. The monoisotopic (exact) mass is 314 g/mol. The lowest BCUT2D eigenvalue weighted by Crippen LogP contribution is -2.40. The molecule has 3 rings (SSSR count). The third kappa shape index (κ3) is 4.15. The molecule has 0 aromatic carbocycles. The summed E-state index contributed by atoms with van der Waals surface area (Å²) in [5, 5.41) is 2.99. The van der Waals surface area contributed by atoms with Crippen LogP contribution in [0.15, 0.2) is 41.6 Å². The Balaban J connectivity index is 1.48. The van der Waals surface area contributed by atoms with Crippen LogP contribution in [0.3, 0.4) is 0 Å². The third-order valence-corrected chi connectivity index (χ3v) is 3.87. The summed E-state index contributed by atoms with van der Waals surface area (Å²) in [6.07, 6.45) is 8.18. The lowest BCUT2D eigenvalue weighted by Gasteiger charge is -2.28. The molecule has 1 amide bonds. The number of pyridine rings is 1. The fraction of sp³-hybridized carbons (Fsp3) is 0.375. The Hall–Kier alpha value is -2.70. The summed E-state index contributed by atoms with van der Waals surface area (Å²) in [7, 11) is 0. The summed E-state index contributed by atoms with van der Waals surface area (Å²) in [6, 6.07) is 5.13. The summed E-state index contributed by atoms with van der Waals surface area (Å²) in [6.45, 7) is 0. The molecule has 2 heterocycles. The number of hydrogen-bond acceptors (Lipinski definition) is 5. The standard InChI is InChI=1S/C16H18N4O3/c21-14-7-2-11(10-19-14)15(22)20-12-3-5-13(6-4-12)23-16-17-8-1-9-18-16/h1-2,7-10,12-13H,3-6H2,(H,19,21)(H,20,22). The molecule has 0 spiro atoms. The van der Waals surface area contributed by atoms with E-state index in [0.29, 0.717) is 11.6 Å². The Kier molecular flexibility index (Phi) is 4.65. The van der Waals surface area contributed by atoms with Gasteiger partial charge in [-0.3, -0.25) is 9.59 Å². The van der Waals surface area contributed by atoms with E-state index in [-0.39, 0.29) is 23.6 Å². The Morgan fingerprint density at radius 3 is 2.57 bits per heavy atom. The molecule has 0 bridgehead atoms. The molecule has 2 aromatic heterocycles. The Morgan fingerprint density at radius 1 is 1.17 bits per heavy atom. The second-order valence-corrected chi connectivity index (χ2v) is 5.54. The maximum Gasteiger partial charge on any atom is 0.316 e. The van der Waals surface area contributed by atoms with Crippen molar-refractivity contribution in [3.63, 3.8) is 0 Å². The van der Waals surface area contributed by atoms with Crippen LogP contribution in [0, 0.1) is 0 Å². The largest absolute Gasteiger partial charge is 0.460 e. The maximum absolute atomic E-state index is 12.1. The van der Waals surface area contributed by atoms with E-state index in [2.05, 4.69) is 20.3 Å². The molecule has 2 N–H and O–H groups in total. The molecule has 1 saturated carbocycles. The average Bonchev–Trinajstić information content (AvgIpc) is 2.58. The SMILES string of the molecule is O=C(NC1CCC(Oc2ncccn2)CC1)c1ccc(=O)[nH]c1. The summed E-state index contributed by atoms with van der Waals surface area (Å²) < 4.78 is 5.73. The van der Waals surface area contributed by atoms with Crippen LogP contribution in [0.1, 0.15) is 36.0 Å². The summed E-state index contributed by atoms with van der Waals surface area (Å²) in [5.41, 5.74) is 0.239. The van der Waals surface area contributed by atoms with E-state index in [4.69, 9.17) is 4.74 Å². The van der Waals surface area contributed by atoms with Gasteiger partial charge in [-0.05, 0) is 37.8 Å². The fourth-order valence-electron chi connectivity index (χ4n) is 2.64. The average molecular weight is 314 g/mol. The number of nitrogens with zero attached hydrogens (tertiary/aromatic N) is 2. The first-order valence-electron chi connectivity index (χ1n) is 7.64. The number of aromatic nitrogens is 3. The number of hydrogen-bond donors (Lipinski definition) is 2. The summed E-state index contributed by atoms with van der Waals surface area (Å²) in [4.78, 5) is 33.7. The number of carbonyl (C=O) groups excluding carboxylic acids is 1. The Bertz CT molecular complexity index is 688. The molecule has 0 atom stereocenters. The normalized spacial score (nSPS) is 20.7. The zero-order chi connectivity index (χ0) is 16.1. The van der Waals surface area contributed by atoms with Crippen LogP contribution in [-0.4, -0.2) is 33.0 Å². The molecule has 0 aliphatic heterocycles. The Labute approximate surface area is 133 Å². The van der Waals surface area contributed by atoms with Crippen molar-refractivity contribution >= 4 is 5.91 Å². The van der Waals surface area contributed by atoms with Crippen LogP contribution in [0.5, 0.6) is 6.01 Å². The number of amides is 1. The molecule has 7 nitrogen and oxygen atoms in total. The van der Waals surface area contributed by atoms with Gasteiger partial charge < -0.3 is 15.0 Å². The van der Waals surface area contributed by atoms with Crippen molar-refractivity contribution in [1.29, 1.82) is 0 Å². The van der Waals surface area contributed by atoms with Gasteiger partial charge in [-0.15, -0.1) is 0 Å². The molecule has 0 radical (unpaired) electrons. The van der Waals surface area contributed by atoms with Gasteiger partial charge in [0.25, 0.3) is 5.91 Å². The first-order valence-corrected chi connectivity index (χ1v) is 7.64. The van der Waals surface area contributed by atoms with Gasteiger partial charge in [0.1, 0.15) is 6.10 Å². The third-order valence-electron chi connectivity index (χ3n) is 3.87. The van der Waals surface area contributed by atoms with Crippen LogP contribution in [-0.2, 0) is 0 Å². The highest BCUT2D eigenvalue weighted by molar-refractivity contribution is 5.93. The quantitative estimate of drug-likeness (QED) is 0.886. The molecule has 0 saturated heterocycles. The van der Waals surface area contributed by atoms with Crippen LogP contribution >= 0.6 is 0 Å². The molecule has 2 aromatic rings. The van der Waals surface area contributed by atoms with E-state index in [1.807, 2.05) is 0 Å². The van der Waals surface area contributed by atoms with Gasteiger partial charge in [0.2, 0.25) is 5.56 Å². The van der Waals surface area contributed by atoms with Crippen molar-refractivity contribution in [3.8, 4) is 6.01 Å². The number of H-pyrrole nitrogens is 1. The minimum absolute atomic E-state index is 0.0821. The van der Waals surface area contributed by atoms with Gasteiger partial charge in [0, 0.05) is 30.7 Å². The predicted octanol–water partition coefficient (Wildman–Crippen LogP) is 1.28. The van der Waals surface area contributed by atoms with Gasteiger partial charge in [-0.1, -0.05) is 0 Å². The van der Waals surface area contributed by atoms with Crippen molar-refractivity contribution in [2.24, 2.45) is 0 Å². The van der Waals surface area contributed by atoms with Gasteiger partial charge in [-0.2, -0.15) is 0 Å². The van der Waals surface area contributed by atoms with E-state index in [9.17, 15) is 9.59 Å². The molecule has 23 heavy (non-hydrogen) atoms. The lowest BCUT2D eigenvalue weighted by molar-refractivity contribution is 0.0885. The van der Waals surface area contributed by atoms with Crippen LogP contribution in [0.4, 0.5) is 0 Å². The molecule has 120 valence electrons. The summed E-state index contributed by atoms with van der Waals surface area (Å²) in [5.74, 6) is -0.169. The molecule has 1 aliphatic rings. The van der Waals surface area contributed by atoms with E-state index < -0.39 is 0 Å². The minimum Gasteiger partial charge on any atom is -0.460 e. The second-order valence-electron chi connectivity index (χ2n) is 5.54. The topological polar surface area (TPSA) is 97.0 Å². The maximum atomic E-state index is 12.1. The first kappa shape index (κ1) is 15.2. The van der Waals surface area contributed by atoms with Crippen LogP contribution in [0.25, 0.3) is 0 Å². The molecular weight excluding hydrogens is 296 g/mol. The van der Waals surface area contributed by atoms with Crippen molar-refractivity contribution in [2.75, 3.05) is 0 Å². The number of aromatic amines is 1. The van der Waals surface area contributed by atoms with Gasteiger partial charge in [0.05, 0.1) is 5.56 Å². The zero-order valence-corrected chi connectivity index (χ0v) is 12.6. The van der Waals surface area contributed by atoms with E-state index in [0.717, 1.165) is 25.7 Å². The van der Waals surface area contributed by atoms with Crippen molar-refractivity contribution in [1.82, 2.24) is 20.3 Å². The van der Waals surface area contributed by atoms with Gasteiger partial charge in [0.15, 0.2) is 0 Å². The highest BCUT2D eigenvalue weighted by atomic mass is 16.5.